The van der Waals surface area contributed by atoms with Gasteiger partial charge in [-0.2, -0.15) is 0 Å². The second kappa shape index (κ2) is 4.81. The maximum absolute atomic E-state index is 6.34. The molecule has 1 aromatic rings. The van der Waals surface area contributed by atoms with Crippen LogP contribution in [0, 0.1) is 5.41 Å². The molecule has 3 heteroatoms. The molecular weight excluding hydrogens is 226 g/mol. The second-order valence-corrected chi connectivity index (χ2v) is 5.88. The van der Waals surface area contributed by atoms with Gasteiger partial charge in [0.15, 0.2) is 11.5 Å². The van der Waals surface area contributed by atoms with Gasteiger partial charge in [0.05, 0.1) is 14.2 Å². The third-order valence-electron chi connectivity index (χ3n) is 3.89. The van der Waals surface area contributed by atoms with E-state index < -0.39 is 0 Å². The number of fused-ring (bicyclic) bond motifs is 1. The molecule has 1 atom stereocenters. The van der Waals surface area contributed by atoms with Crippen molar-refractivity contribution in [1.29, 1.82) is 0 Å². The Balaban J connectivity index is 2.46. The molecule has 100 valence electrons. The smallest absolute Gasteiger partial charge is 0.161 e. The first-order valence-electron chi connectivity index (χ1n) is 6.47. The van der Waals surface area contributed by atoms with E-state index in [1.165, 1.54) is 11.1 Å². The lowest BCUT2D eigenvalue weighted by molar-refractivity contribution is 0.293. The molecule has 1 aromatic carbocycles. The fraction of sp³-hybridized carbons (Fsp3) is 0.600. The van der Waals surface area contributed by atoms with Crippen molar-refractivity contribution in [3.63, 3.8) is 0 Å². The van der Waals surface area contributed by atoms with Gasteiger partial charge < -0.3 is 15.2 Å². The summed E-state index contributed by atoms with van der Waals surface area (Å²) in [5, 5.41) is 0. The van der Waals surface area contributed by atoms with E-state index in [9.17, 15) is 0 Å². The minimum absolute atomic E-state index is 0.0808. The molecule has 0 fully saturated rings. The molecule has 1 unspecified atom stereocenters. The van der Waals surface area contributed by atoms with Crippen LogP contribution in [0.15, 0.2) is 12.1 Å². The summed E-state index contributed by atoms with van der Waals surface area (Å²) < 4.78 is 10.7. The number of ether oxygens (including phenoxy) is 2. The van der Waals surface area contributed by atoms with Crippen molar-refractivity contribution in [3.8, 4) is 11.5 Å². The van der Waals surface area contributed by atoms with Crippen molar-refractivity contribution in [2.24, 2.45) is 11.1 Å². The maximum Gasteiger partial charge on any atom is 0.161 e. The van der Waals surface area contributed by atoms with E-state index >= 15 is 0 Å². The summed E-state index contributed by atoms with van der Waals surface area (Å²) in [4.78, 5) is 0. The third kappa shape index (κ3) is 2.46. The molecule has 2 N–H and O–H groups in total. The van der Waals surface area contributed by atoms with E-state index in [-0.39, 0.29) is 6.04 Å². The minimum Gasteiger partial charge on any atom is -0.493 e. The first-order chi connectivity index (χ1) is 8.46. The van der Waals surface area contributed by atoms with Crippen LogP contribution in [-0.2, 0) is 6.42 Å². The van der Waals surface area contributed by atoms with Crippen molar-refractivity contribution in [2.45, 2.75) is 39.2 Å². The number of nitrogens with two attached hydrogens (primary N) is 1. The highest BCUT2D eigenvalue weighted by Crippen LogP contribution is 2.41. The van der Waals surface area contributed by atoms with Gasteiger partial charge in [0.1, 0.15) is 0 Å². The third-order valence-corrected chi connectivity index (χ3v) is 3.89. The monoisotopic (exact) mass is 249 g/mol. The second-order valence-electron chi connectivity index (χ2n) is 5.88. The normalized spacial score (nSPS) is 21.9. The van der Waals surface area contributed by atoms with Gasteiger partial charge in [0.2, 0.25) is 0 Å². The standard InChI is InChI=1S/C15H23NO2/c1-15(2)6-5-10-7-13(17-3)14(18-4)8-11(10)12(16)9-15/h7-8,12H,5-6,9,16H2,1-4H3. The van der Waals surface area contributed by atoms with Crippen LogP contribution in [0.3, 0.4) is 0 Å². The molecule has 0 saturated heterocycles. The average Bonchev–Trinajstić information content (AvgIpc) is 2.44. The van der Waals surface area contributed by atoms with Gasteiger partial charge >= 0.3 is 0 Å². The summed E-state index contributed by atoms with van der Waals surface area (Å²) in [5.41, 5.74) is 9.13. The van der Waals surface area contributed by atoms with Crippen LogP contribution in [-0.4, -0.2) is 14.2 Å². The number of rotatable bonds is 2. The highest BCUT2D eigenvalue weighted by molar-refractivity contribution is 5.49. The van der Waals surface area contributed by atoms with Crippen molar-refractivity contribution < 1.29 is 9.47 Å². The van der Waals surface area contributed by atoms with E-state index in [1.807, 2.05) is 6.07 Å². The summed E-state index contributed by atoms with van der Waals surface area (Å²) in [6.45, 7) is 4.57. The highest BCUT2D eigenvalue weighted by Gasteiger charge is 2.28. The van der Waals surface area contributed by atoms with Gasteiger partial charge in [-0.05, 0) is 47.9 Å². The molecule has 0 radical (unpaired) electrons. The van der Waals surface area contributed by atoms with E-state index in [1.54, 1.807) is 14.2 Å². The van der Waals surface area contributed by atoms with E-state index in [4.69, 9.17) is 15.2 Å². The molecule has 0 aliphatic heterocycles. The maximum atomic E-state index is 6.34. The Morgan fingerprint density at radius 3 is 2.39 bits per heavy atom. The number of methoxy groups -OCH3 is 2. The predicted molar refractivity (Wildman–Crippen MR) is 73.2 cm³/mol. The number of aryl methyl sites for hydroxylation is 1. The molecular formula is C15H23NO2. The van der Waals surface area contributed by atoms with Gasteiger partial charge in [-0.25, -0.2) is 0 Å². The Bertz CT molecular complexity index is 440. The molecule has 0 heterocycles. The summed E-state index contributed by atoms with van der Waals surface area (Å²) in [7, 11) is 3.33. The Morgan fingerprint density at radius 2 is 1.78 bits per heavy atom. The number of benzene rings is 1. The fourth-order valence-corrected chi connectivity index (χ4v) is 2.78. The predicted octanol–water partition coefficient (Wildman–Crippen LogP) is 3.07. The highest BCUT2D eigenvalue weighted by atomic mass is 16.5. The largest absolute Gasteiger partial charge is 0.493 e. The van der Waals surface area contributed by atoms with Crippen molar-refractivity contribution >= 4 is 0 Å². The lowest BCUT2D eigenvalue weighted by Crippen LogP contribution is -2.19. The average molecular weight is 249 g/mol. The first kappa shape index (κ1) is 13.2. The summed E-state index contributed by atoms with van der Waals surface area (Å²) in [6, 6.07) is 4.20. The van der Waals surface area contributed by atoms with Crippen molar-refractivity contribution in [1.82, 2.24) is 0 Å². The fourth-order valence-electron chi connectivity index (χ4n) is 2.78. The molecule has 0 spiro atoms. The van der Waals surface area contributed by atoms with E-state index in [0.29, 0.717) is 5.41 Å². The Labute approximate surface area is 109 Å². The Kier molecular flexibility index (Phi) is 3.53. The molecule has 1 aliphatic carbocycles. The zero-order chi connectivity index (χ0) is 13.3. The van der Waals surface area contributed by atoms with Crippen molar-refractivity contribution in [3.05, 3.63) is 23.3 Å². The van der Waals surface area contributed by atoms with Gasteiger partial charge in [0, 0.05) is 6.04 Å². The molecule has 0 saturated carbocycles. The molecule has 2 rings (SSSR count). The zero-order valence-corrected chi connectivity index (χ0v) is 11.7. The first-order valence-corrected chi connectivity index (χ1v) is 6.47. The van der Waals surface area contributed by atoms with E-state index in [0.717, 1.165) is 30.8 Å². The van der Waals surface area contributed by atoms with Gasteiger partial charge in [-0.3, -0.25) is 0 Å². The summed E-state index contributed by atoms with van der Waals surface area (Å²) >= 11 is 0. The molecule has 0 bridgehead atoms. The Morgan fingerprint density at radius 1 is 1.17 bits per heavy atom. The minimum atomic E-state index is 0.0808. The molecule has 0 aromatic heterocycles. The van der Waals surface area contributed by atoms with Crippen LogP contribution >= 0.6 is 0 Å². The van der Waals surface area contributed by atoms with Crippen LogP contribution in [0.4, 0.5) is 0 Å². The Hall–Kier alpha value is -1.22. The van der Waals surface area contributed by atoms with Crippen molar-refractivity contribution in [2.75, 3.05) is 14.2 Å². The van der Waals surface area contributed by atoms with Crippen LogP contribution in [0.25, 0.3) is 0 Å². The van der Waals surface area contributed by atoms with Gasteiger partial charge in [-0.1, -0.05) is 13.8 Å². The van der Waals surface area contributed by atoms with Gasteiger partial charge in [-0.15, -0.1) is 0 Å². The summed E-state index contributed by atoms with van der Waals surface area (Å²) in [6.07, 6.45) is 3.22. The molecule has 3 nitrogen and oxygen atoms in total. The zero-order valence-electron chi connectivity index (χ0n) is 11.7. The van der Waals surface area contributed by atoms with Crippen LogP contribution in [0.1, 0.15) is 43.9 Å². The number of hydrogen-bond acceptors (Lipinski definition) is 3. The van der Waals surface area contributed by atoms with Crippen LogP contribution < -0.4 is 15.2 Å². The van der Waals surface area contributed by atoms with E-state index in [2.05, 4.69) is 19.9 Å². The SMILES string of the molecule is COc1cc2c(cc1OC)C(N)CC(C)(C)CC2. The topological polar surface area (TPSA) is 44.5 Å². The summed E-state index contributed by atoms with van der Waals surface area (Å²) in [5.74, 6) is 1.56. The lowest BCUT2D eigenvalue weighted by Gasteiger charge is -2.24. The molecule has 18 heavy (non-hydrogen) atoms. The lowest BCUT2D eigenvalue weighted by atomic mass is 9.83. The number of hydrogen-bond donors (Lipinski definition) is 1. The van der Waals surface area contributed by atoms with Crippen LogP contribution in [0.2, 0.25) is 0 Å². The van der Waals surface area contributed by atoms with Crippen LogP contribution in [0.5, 0.6) is 11.5 Å². The molecule has 0 amide bonds. The van der Waals surface area contributed by atoms with Gasteiger partial charge in [0.25, 0.3) is 0 Å². The molecule has 1 aliphatic rings. The quantitative estimate of drug-likeness (QED) is 0.819.